The van der Waals surface area contributed by atoms with Gasteiger partial charge in [0.15, 0.2) is 0 Å². The normalized spacial score (nSPS) is 18.6. The number of aromatic nitrogens is 2. The first kappa shape index (κ1) is 14.5. The smallest absolute Gasteiger partial charge is 0.224 e. The van der Waals surface area contributed by atoms with Crippen molar-refractivity contribution in [3.05, 3.63) is 48.2 Å². The van der Waals surface area contributed by atoms with Crippen molar-refractivity contribution >= 4 is 11.6 Å². The number of nitrogens with zero attached hydrogens (tertiary/aromatic N) is 1. The summed E-state index contributed by atoms with van der Waals surface area (Å²) < 4.78 is 13.5. The monoisotopic (exact) mass is 300 g/mol. The summed E-state index contributed by atoms with van der Waals surface area (Å²) in [5.41, 5.74) is 7.90. The molecule has 0 saturated heterocycles. The van der Waals surface area contributed by atoms with Gasteiger partial charge in [-0.3, -0.25) is 4.79 Å². The average Bonchev–Trinajstić information content (AvgIpc) is 2.96. The number of imidazole rings is 1. The minimum Gasteiger partial charge on any atom is -0.341 e. The van der Waals surface area contributed by atoms with Crippen molar-refractivity contribution in [2.45, 2.75) is 25.3 Å². The molecule has 1 aliphatic rings. The van der Waals surface area contributed by atoms with Gasteiger partial charge in [0.25, 0.3) is 0 Å². The Labute approximate surface area is 127 Å². The lowest BCUT2D eigenvalue weighted by Crippen LogP contribution is -2.11. The van der Waals surface area contributed by atoms with Crippen LogP contribution in [-0.4, -0.2) is 15.9 Å². The van der Waals surface area contributed by atoms with Crippen LogP contribution in [0.1, 0.15) is 31.1 Å². The molecule has 22 heavy (non-hydrogen) atoms. The third-order valence-corrected chi connectivity index (χ3v) is 3.59. The number of rotatable bonds is 0. The van der Waals surface area contributed by atoms with Crippen molar-refractivity contribution in [3.8, 4) is 11.3 Å². The number of hydrogen-bond donors (Lipinski definition) is 3. The fourth-order valence-electron chi connectivity index (χ4n) is 2.42. The molecule has 2 heterocycles. The number of allylic oxidation sites excluding steroid dienone is 1. The fourth-order valence-corrected chi connectivity index (χ4v) is 2.42. The topological polar surface area (TPSA) is 83.8 Å². The zero-order chi connectivity index (χ0) is 15.5. The molecular weight excluding hydrogens is 283 g/mol. The molecule has 3 rings (SSSR count). The molecule has 0 spiro atoms. The van der Waals surface area contributed by atoms with Gasteiger partial charge in [-0.2, -0.15) is 0 Å². The third kappa shape index (κ3) is 3.07. The van der Waals surface area contributed by atoms with Gasteiger partial charge < -0.3 is 16.0 Å². The van der Waals surface area contributed by atoms with Crippen molar-refractivity contribution in [2.24, 2.45) is 5.73 Å². The van der Waals surface area contributed by atoms with Crippen molar-refractivity contribution in [1.29, 1.82) is 0 Å². The van der Waals surface area contributed by atoms with E-state index in [1.807, 2.05) is 12.2 Å². The van der Waals surface area contributed by atoms with Crippen LogP contribution in [0.5, 0.6) is 0 Å². The van der Waals surface area contributed by atoms with Gasteiger partial charge in [-0.1, -0.05) is 12.2 Å². The first-order valence-electron chi connectivity index (χ1n) is 7.19. The lowest BCUT2D eigenvalue weighted by Gasteiger charge is -2.10. The van der Waals surface area contributed by atoms with Gasteiger partial charge in [0.05, 0.1) is 23.6 Å². The predicted octanol–water partition coefficient (Wildman–Crippen LogP) is 2.89. The molecule has 0 aliphatic carbocycles. The highest BCUT2D eigenvalue weighted by molar-refractivity contribution is 5.95. The average molecular weight is 300 g/mol. The molecule has 2 aromatic rings. The maximum Gasteiger partial charge on any atom is 0.224 e. The molecule has 5 nitrogen and oxygen atoms in total. The first-order valence-corrected chi connectivity index (χ1v) is 7.19. The van der Waals surface area contributed by atoms with Gasteiger partial charge in [-0.25, -0.2) is 9.37 Å². The van der Waals surface area contributed by atoms with Crippen LogP contribution in [0.4, 0.5) is 10.1 Å². The highest BCUT2D eigenvalue weighted by Crippen LogP contribution is 2.29. The van der Waals surface area contributed by atoms with Crippen molar-refractivity contribution in [3.63, 3.8) is 0 Å². The first-order chi connectivity index (χ1) is 10.6. The summed E-state index contributed by atoms with van der Waals surface area (Å²) in [6.45, 7) is 0. The van der Waals surface area contributed by atoms with E-state index in [1.165, 1.54) is 12.1 Å². The standard InChI is InChI=1S/C16H17FN4O/c17-10-6-7-11-13(8-10)20-15(22)5-3-1-2-4-12(18)16-19-9-14(11)21-16/h1-2,6-9,12H,3-5,18H2,(H,19,21)(H,20,22). The van der Waals surface area contributed by atoms with Gasteiger partial charge in [-0.15, -0.1) is 0 Å². The van der Waals surface area contributed by atoms with E-state index in [-0.39, 0.29) is 11.9 Å². The molecular formula is C16H17FN4O. The molecule has 1 unspecified atom stereocenters. The number of aromatic amines is 1. The van der Waals surface area contributed by atoms with Gasteiger partial charge in [0.1, 0.15) is 11.6 Å². The molecule has 0 fully saturated rings. The highest BCUT2D eigenvalue weighted by atomic mass is 19.1. The minimum atomic E-state index is -0.403. The second-order valence-electron chi connectivity index (χ2n) is 5.27. The quantitative estimate of drug-likeness (QED) is 0.654. The Balaban J connectivity index is 2.05. The largest absolute Gasteiger partial charge is 0.341 e. The minimum absolute atomic E-state index is 0.153. The van der Waals surface area contributed by atoms with E-state index >= 15 is 0 Å². The van der Waals surface area contributed by atoms with Crippen LogP contribution in [0.25, 0.3) is 11.3 Å². The number of carbonyl (C=O) groups excluding carboxylic acids is 1. The van der Waals surface area contributed by atoms with Gasteiger partial charge in [0.2, 0.25) is 5.91 Å². The molecule has 1 aromatic heterocycles. The van der Waals surface area contributed by atoms with Crippen LogP contribution in [0.2, 0.25) is 0 Å². The molecule has 0 saturated carbocycles. The molecule has 4 N–H and O–H groups in total. The number of benzene rings is 1. The Morgan fingerprint density at radius 2 is 2.18 bits per heavy atom. The van der Waals surface area contributed by atoms with Crippen molar-refractivity contribution in [2.75, 3.05) is 5.32 Å². The number of amides is 1. The number of carbonyl (C=O) groups is 1. The number of halogens is 1. The molecule has 1 atom stereocenters. The highest BCUT2D eigenvalue weighted by Gasteiger charge is 2.15. The fraction of sp³-hybridized carbons (Fsp3) is 0.250. The van der Waals surface area contributed by atoms with Crippen molar-refractivity contribution < 1.29 is 9.18 Å². The van der Waals surface area contributed by atoms with E-state index in [1.54, 1.807) is 12.3 Å². The second kappa shape index (κ2) is 6.11. The Kier molecular flexibility index (Phi) is 4.02. The molecule has 0 radical (unpaired) electrons. The van der Waals surface area contributed by atoms with Crippen LogP contribution in [0, 0.1) is 5.82 Å². The summed E-state index contributed by atoms with van der Waals surface area (Å²) in [5.74, 6) is 0.111. The zero-order valence-corrected chi connectivity index (χ0v) is 12.0. The van der Waals surface area contributed by atoms with E-state index in [0.29, 0.717) is 42.0 Å². The number of nitrogens with one attached hydrogen (secondary N) is 2. The van der Waals surface area contributed by atoms with Crippen LogP contribution in [-0.2, 0) is 4.79 Å². The zero-order valence-electron chi connectivity index (χ0n) is 12.0. The molecule has 1 aliphatic heterocycles. The molecule has 2 bridgehead atoms. The summed E-state index contributed by atoms with van der Waals surface area (Å²) in [5, 5.41) is 2.76. The Morgan fingerprint density at radius 3 is 3.05 bits per heavy atom. The van der Waals surface area contributed by atoms with E-state index in [4.69, 9.17) is 5.73 Å². The summed E-state index contributed by atoms with van der Waals surface area (Å²) in [6.07, 6.45) is 7.12. The molecule has 6 heteroatoms. The van der Waals surface area contributed by atoms with Crippen molar-refractivity contribution in [1.82, 2.24) is 9.97 Å². The summed E-state index contributed by atoms with van der Waals surface area (Å²) in [6, 6.07) is 4.04. The molecule has 1 amide bonds. The Hall–Kier alpha value is -2.47. The van der Waals surface area contributed by atoms with Crippen LogP contribution in [0.3, 0.4) is 0 Å². The summed E-state index contributed by atoms with van der Waals surface area (Å²) in [4.78, 5) is 19.4. The lowest BCUT2D eigenvalue weighted by molar-refractivity contribution is -0.116. The van der Waals surface area contributed by atoms with Crippen LogP contribution < -0.4 is 11.1 Å². The number of hydrogen-bond acceptors (Lipinski definition) is 3. The van der Waals surface area contributed by atoms with Gasteiger partial charge >= 0.3 is 0 Å². The maximum atomic E-state index is 13.5. The van der Waals surface area contributed by atoms with E-state index in [0.717, 1.165) is 0 Å². The molecule has 114 valence electrons. The van der Waals surface area contributed by atoms with Crippen LogP contribution in [0.15, 0.2) is 36.5 Å². The van der Waals surface area contributed by atoms with E-state index in [9.17, 15) is 9.18 Å². The third-order valence-electron chi connectivity index (χ3n) is 3.59. The number of fused-ring (bicyclic) bond motifs is 4. The van der Waals surface area contributed by atoms with E-state index < -0.39 is 5.82 Å². The summed E-state index contributed by atoms with van der Waals surface area (Å²) in [7, 11) is 0. The molecule has 1 aromatic carbocycles. The second-order valence-corrected chi connectivity index (χ2v) is 5.27. The van der Waals surface area contributed by atoms with Gasteiger partial charge in [-0.05, 0) is 31.0 Å². The Morgan fingerprint density at radius 1 is 1.32 bits per heavy atom. The Bertz CT molecular complexity index is 723. The number of nitrogens with two attached hydrogens (primary N) is 1. The van der Waals surface area contributed by atoms with Crippen LogP contribution >= 0.6 is 0 Å². The lowest BCUT2D eigenvalue weighted by atomic mass is 10.1. The SMILES string of the molecule is NC1CC=CCCC(=O)Nc2cc(F)ccc2-c2cnc1[nH]2. The predicted molar refractivity (Wildman–Crippen MR) is 82.5 cm³/mol. The van der Waals surface area contributed by atoms with Gasteiger partial charge in [0, 0.05) is 12.0 Å². The maximum absolute atomic E-state index is 13.5. The number of H-pyrrole nitrogens is 1. The van der Waals surface area contributed by atoms with E-state index in [2.05, 4.69) is 15.3 Å². The number of anilines is 1. The summed E-state index contributed by atoms with van der Waals surface area (Å²) >= 11 is 0.